The third-order valence-electron chi connectivity index (χ3n) is 3.79. The molecule has 2 heterocycles. The molecule has 26 heavy (non-hydrogen) atoms. The molecule has 4 rings (SSSR count). The van der Waals surface area contributed by atoms with E-state index in [1.54, 1.807) is 35.9 Å². The largest absolute Gasteiger partial charge is 0.486 e. The Labute approximate surface area is 153 Å². The summed E-state index contributed by atoms with van der Waals surface area (Å²) < 4.78 is 19.2. The standard InChI is InChI=1S/C19H15FN4OS/c1-12-7-13-10-22-19(23-15-4-2-3-14(20)8-15)24-16(13)9-17(12)25-11-18-21-5-6-26-18/h2-10H,11H2,1H3,(H,22,23,24). The van der Waals surface area contributed by atoms with E-state index in [0.717, 1.165) is 27.2 Å². The minimum atomic E-state index is -0.315. The molecule has 0 unspecified atom stereocenters. The van der Waals surface area contributed by atoms with E-state index < -0.39 is 0 Å². The number of benzene rings is 2. The smallest absolute Gasteiger partial charge is 0.227 e. The van der Waals surface area contributed by atoms with Crippen molar-refractivity contribution in [2.45, 2.75) is 13.5 Å². The summed E-state index contributed by atoms with van der Waals surface area (Å²) in [4.78, 5) is 13.0. The summed E-state index contributed by atoms with van der Waals surface area (Å²) in [6.07, 6.45) is 3.50. The Morgan fingerprint density at radius 2 is 2.12 bits per heavy atom. The Morgan fingerprint density at radius 3 is 2.92 bits per heavy atom. The number of hydrogen-bond acceptors (Lipinski definition) is 6. The fourth-order valence-corrected chi connectivity index (χ4v) is 3.08. The predicted octanol–water partition coefficient (Wildman–Crippen LogP) is 4.86. The van der Waals surface area contributed by atoms with Crippen LogP contribution in [0, 0.1) is 12.7 Å². The van der Waals surface area contributed by atoms with Crippen LogP contribution in [0.2, 0.25) is 0 Å². The number of nitrogens with one attached hydrogen (secondary N) is 1. The molecule has 0 atom stereocenters. The van der Waals surface area contributed by atoms with E-state index in [0.29, 0.717) is 18.2 Å². The van der Waals surface area contributed by atoms with Gasteiger partial charge in [-0.05, 0) is 36.8 Å². The van der Waals surface area contributed by atoms with Crippen LogP contribution in [0.4, 0.5) is 16.0 Å². The molecular weight excluding hydrogens is 351 g/mol. The highest BCUT2D eigenvalue weighted by Gasteiger charge is 2.08. The van der Waals surface area contributed by atoms with Gasteiger partial charge in [-0.15, -0.1) is 11.3 Å². The Morgan fingerprint density at radius 1 is 1.19 bits per heavy atom. The van der Waals surface area contributed by atoms with E-state index in [-0.39, 0.29) is 5.82 Å². The zero-order valence-electron chi connectivity index (χ0n) is 13.9. The molecule has 0 amide bonds. The molecule has 130 valence electrons. The van der Waals surface area contributed by atoms with Crippen LogP contribution in [-0.4, -0.2) is 15.0 Å². The number of aromatic nitrogens is 3. The Hall–Kier alpha value is -3.06. The van der Waals surface area contributed by atoms with Crippen LogP contribution < -0.4 is 10.1 Å². The lowest BCUT2D eigenvalue weighted by atomic mass is 10.1. The highest BCUT2D eigenvalue weighted by Crippen LogP contribution is 2.26. The van der Waals surface area contributed by atoms with Crippen molar-refractivity contribution in [1.82, 2.24) is 15.0 Å². The van der Waals surface area contributed by atoms with Crippen molar-refractivity contribution in [1.29, 1.82) is 0 Å². The van der Waals surface area contributed by atoms with Gasteiger partial charge in [0.2, 0.25) is 5.95 Å². The van der Waals surface area contributed by atoms with Gasteiger partial charge in [-0.25, -0.2) is 19.3 Å². The molecule has 7 heteroatoms. The lowest BCUT2D eigenvalue weighted by molar-refractivity contribution is 0.304. The van der Waals surface area contributed by atoms with E-state index in [2.05, 4.69) is 20.3 Å². The van der Waals surface area contributed by atoms with E-state index >= 15 is 0 Å². The number of nitrogens with zero attached hydrogens (tertiary/aromatic N) is 3. The molecule has 0 bridgehead atoms. The van der Waals surface area contributed by atoms with Gasteiger partial charge in [-0.1, -0.05) is 6.07 Å². The second kappa shape index (κ2) is 7.05. The Bertz CT molecular complexity index is 1050. The molecule has 0 radical (unpaired) electrons. The van der Waals surface area contributed by atoms with E-state index in [4.69, 9.17) is 4.74 Å². The van der Waals surface area contributed by atoms with Crippen LogP contribution in [0.15, 0.2) is 54.2 Å². The monoisotopic (exact) mass is 366 g/mol. The summed E-state index contributed by atoms with van der Waals surface area (Å²) in [5.74, 6) is 0.838. The molecule has 5 nitrogen and oxygen atoms in total. The summed E-state index contributed by atoms with van der Waals surface area (Å²) in [6, 6.07) is 10.0. The number of aryl methyl sites for hydroxylation is 1. The van der Waals surface area contributed by atoms with Crippen molar-refractivity contribution < 1.29 is 9.13 Å². The summed E-state index contributed by atoms with van der Waals surface area (Å²) in [5.41, 5.74) is 2.35. The predicted molar refractivity (Wildman–Crippen MR) is 100 cm³/mol. The molecular formula is C19H15FN4OS. The van der Waals surface area contributed by atoms with Gasteiger partial charge in [-0.3, -0.25) is 0 Å². The van der Waals surface area contributed by atoms with E-state index in [1.807, 2.05) is 24.4 Å². The molecule has 2 aromatic carbocycles. The zero-order valence-corrected chi connectivity index (χ0v) is 14.8. The second-order valence-corrected chi connectivity index (χ2v) is 6.70. The number of anilines is 2. The Balaban J connectivity index is 1.60. The number of thiazole rings is 1. The molecule has 1 N–H and O–H groups in total. The first kappa shape index (κ1) is 16.4. The van der Waals surface area contributed by atoms with Gasteiger partial charge in [0.1, 0.15) is 23.2 Å². The van der Waals surface area contributed by atoms with Crippen molar-refractivity contribution in [2.75, 3.05) is 5.32 Å². The lowest BCUT2D eigenvalue weighted by Crippen LogP contribution is -1.99. The van der Waals surface area contributed by atoms with Crippen LogP contribution in [0.1, 0.15) is 10.6 Å². The minimum absolute atomic E-state index is 0.315. The van der Waals surface area contributed by atoms with Crippen molar-refractivity contribution >= 4 is 33.9 Å². The molecule has 2 aromatic heterocycles. The second-order valence-electron chi connectivity index (χ2n) is 5.72. The van der Waals surface area contributed by atoms with Crippen LogP contribution in [0.3, 0.4) is 0 Å². The maximum absolute atomic E-state index is 13.3. The number of hydrogen-bond donors (Lipinski definition) is 1. The quantitative estimate of drug-likeness (QED) is 0.547. The number of halogens is 1. The molecule has 0 aliphatic rings. The first-order chi connectivity index (χ1) is 12.7. The van der Waals surface area contributed by atoms with E-state index in [1.165, 1.54) is 12.1 Å². The fourth-order valence-electron chi connectivity index (χ4n) is 2.55. The average molecular weight is 366 g/mol. The van der Waals surface area contributed by atoms with Gasteiger partial charge in [0.25, 0.3) is 0 Å². The molecule has 0 aliphatic carbocycles. The fraction of sp³-hybridized carbons (Fsp3) is 0.105. The van der Waals surface area contributed by atoms with Crippen molar-refractivity contribution in [3.05, 3.63) is 70.6 Å². The molecule has 0 aliphatic heterocycles. The molecule has 4 aromatic rings. The molecule has 0 saturated carbocycles. The minimum Gasteiger partial charge on any atom is -0.486 e. The molecule has 0 fully saturated rings. The van der Waals surface area contributed by atoms with Crippen LogP contribution >= 0.6 is 11.3 Å². The summed E-state index contributed by atoms with van der Waals surface area (Å²) in [7, 11) is 0. The normalized spacial score (nSPS) is 10.8. The topological polar surface area (TPSA) is 59.9 Å². The maximum atomic E-state index is 13.3. The van der Waals surface area contributed by atoms with Gasteiger partial charge in [0, 0.05) is 34.9 Å². The number of fused-ring (bicyclic) bond motifs is 1. The summed E-state index contributed by atoms with van der Waals surface area (Å²) in [6.45, 7) is 2.40. The van der Waals surface area contributed by atoms with Crippen molar-refractivity contribution in [2.24, 2.45) is 0 Å². The Kier molecular flexibility index (Phi) is 4.45. The summed E-state index contributed by atoms with van der Waals surface area (Å²) >= 11 is 1.55. The molecule has 0 saturated heterocycles. The van der Waals surface area contributed by atoms with Gasteiger partial charge in [0.05, 0.1) is 5.52 Å². The van der Waals surface area contributed by atoms with E-state index in [9.17, 15) is 4.39 Å². The van der Waals surface area contributed by atoms with Gasteiger partial charge in [0.15, 0.2) is 0 Å². The van der Waals surface area contributed by atoms with Gasteiger partial charge >= 0.3 is 0 Å². The summed E-state index contributed by atoms with van der Waals surface area (Å²) in [5, 5.41) is 6.76. The maximum Gasteiger partial charge on any atom is 0.227 e. The van der Waals surface area contributed by atoms with Crippen molar-refractivity contribution in [3.8, 4) is 5.75 Å². The first-order valence-corrected chi connectivity index (χ1v) is 8.86. The zero-order chi connectivity index (χ0) is 17.9. The third-order valence-corrected chi connectivity index (χ3v) is 4.55. The number of ether oxygens (including phenoxy) is 1. The van der Waals surface area contributed by atoms with Gasteiger partial charge < -0.3 is 10.1 Å². The lowest BCUT2D eigenvalue weighted by Gasteiger charge is -2.10. The average Bonchev–Trinajstić information content (AvgIpc) is 3.14. The van der Waals surface area contributed by atoms with Crippen LogP contribution in [0.25, 0.3) is 10.9 Å². The highest BCUT2D eigenvalue weighted by molar-refractivity contribution is 7.09. The SMILES string of the molecule is Cc1cc2cnc(Nc3cccc(F)c3)nc2cc1OCc1nccs1. The number of rotatable bonds is 5. The molecule has 0 spiro atoms. The van der Waals surface area contributed by atoms with Crippen LogP contribution in [-0.2, 0) is 6.61 Å². The van der Waals surface area contributed by atoms with Crippen molar-refractivity contribution in [3.63, 3.8) is 0 Å². The van der Waals surface area contributed by atoms with Gasteiger partial charge in [-0.2, -0.15) is 0 Å². The van der Waals surface area contributed by atoms with Crippen LogP contribution in [0.5, 0.6) is 5.75 Å². The third kappa shape index (κ3) is 3.62. The first-order valence-electron chi connectivity index (χ1n) is 7.98. The highest BCUT2D eigenvalue weighted by atomic mass is 32.1.